The summed E-state index contributed by atoms with van der Waals surface area (Å²) in [5.41, 5.74) is 1.14. The standard InChI is InChI=1S/C19H24N2O6S2/c1-12-15(17(22)25-2)14(4-3-9-20-18(23)24)29-16(12)21(28)13-5-7-19(8-6-13)26-10-11-27-19/h13,20,28H,5-11H2,1-2H3,(H,23,24). The molecule has 0 bridgehead atoms. The first kappa shape index (κ1) is 21.8. The molecule has 1 aromatic rings. The maximum absolute atomic E-state index is 12.3. The smallest absolute Gasteiger partial charge is 0.405 e. The first-order valence-electron chi connectivity index (χ1n) is 9.30. The zero-order chi connectivity index (χ0) is 21.0. The minimum absolute atomic E-state index is 0.0302. The monoisotopic (exact) mass is 440 g/mol. The van der Waals surface area contributed by atoms with Gasteiger partial charge in [-0.3, -0.25) is 0 Å². The number of thiophene rings is 1. The van der Waals surface area contributed by atoms with Gasteiger partial charge in [0.05, 0.1) is 37.3 Å². The Hall–Kier alpha value is -1.93. The van der Waals surface area contributed by atoms with E-state index in [0.29, 0.717) is 23.7 Å². The van der Waals surface area contributed by atoms with Crippen LogP contribution in [0.4, 0.5) is 9.80 Å². The fraction of sp³-hybridized carbons (Fsp3) is 0.579. The highest BCUT2D eigenvalue weighted by molar-refractivity contribution is 7.82. The van der Waals surface area contributed by atoms with Crippen LogP contribution in [-0.2, 0) is 14.2 Å². The van der Waals surface area contributed by atoms with Crippen molar-refractivity contribution in [3.8, 4) is 11.8 Å². The molecule has 2 N–H and O–H groups in total. The summed E-state index contributed by atoms with van der Waals surface area (Å²) in [5.74, 6) is 4.69. The molecule has 3 rings (SSSR count). The van der Waals surface area contributed by atoms with Crippen molar-refractivity contribution in [1.82, 2.24) is 5.32 Å². The second kappa shape index (κ2) is 9.26. The molecule has 0 radical (unpaired) electrons. The van der Waals surface area contributed by atoms with Gasteiger partial charge in [-0.15, -0.1) is 11.3 Å². The molecular formula is C19H24N2O6S2. The van der Waals surface area contributed by atoms with Crippen LogP contribution in [0.3, 0.4) is 0 Å². The fourth-order valence-corrected chi connectivity index (χ4v) is 5.29. The number of ether oxygens (including phenoxy) is 3. The second-order valence-corrected chi connectivity index (χ2v) is 8.30. The average molecular weight is 441 g/mol. The van der Waals surface area contributed by atoms with E-state index in [1.165, 1.54) is 18.4 Å². The van der Waals surface area contributed by atoms with Crippen LogP contribution in [0.5, 0.6) is 0 Å². The van der Waals surface area contributed by atoms with Crippen LogP contribution >= 0.6 is 24.2 Å². The Morgan fingerprint density at radius 1 is 1.38 bits per heavy atom. The Bertz CT molecular complexity index is 828. The Morgan fingerprint density at radius 3 is 2.62 bits per heavy atom. The van der Waals surface area contributed by atoms with Crippen LogP contribution in [0.2, 0.25) is 0 Å². The molecule has 8 nitrogen and oxygen atoms in total. The third-order valence-corrected chi connectivity index (χ3v) is 6.99. The van der Waals surface area contributed by atoms with Crippen molar-refractivity contribution in [2.24, 2.45) is 0 Å². The van der Waals surface area contributed by atoms with Gasteiger partial charge in [0.15, 0.2) is 5.79 Å². The Labute approximate surface area is 179 Å². The summed E-state index contributed by atoms with van der Waals surface area (Å²) in [4.78, 5) is 23.4. The van der Waals surface area contributed by atoms with Crippen LogP contribution in [0.15, 0.2) is 0 Å². The number of nitrogens with zero attached hydrogens (tertiary/aromatic N) is 1. The molecule has 1 aromatic heterocycles. The molecule has 1 aliphatic carbocycles. The lowest BCUT2D eigenvalue weighted by molar-refractivity contribution is -0.178. The molecule has 2 fully saturated rings. The van der Waals surface area contributed by atoms with E-state index in [-0.39, 0.29) is 12.6 Å². The van der Waals surface area contributed by atoms with E-state index >= 15 is 0 Å². The number of esters is 1. The normalized spacial score (nSPS) is 18.2. The summed E-state index contributed by atoms with van der Waals surface area (Å²) in [7, 11) is 1.32. The van der Waals surface area contributed by atoms with Crippen molar-refractivity contribution in [2.75, 3.05) is 31.2 Å². The highest BCUT2D eigenvalue weighted by atomic mass is 32.1. The third-order valence-electron chi connectivity index (χ3n) is 5.13. The van der Waals surface area contributed by atoms with Crippen molar-refractivity contribution < 1.29 is 28.9 Å². The van der Waals surface area contributed by atoms with Gasteiger partial charge < -0.3 is 28.9 Å². The van der Waals surface area contributed by atoms with Crippen LogP contribution < -0.4 is 9.62 Å². The lowest BCUT2D eigenvalue weighted by Crippen LogP contribution is -2.41. The third kappa shape index (κ3) is 4.80. The molecule has 0 unspecified atom stereocenters. The lowest BCUT2D eigenvalue weighted by atomic mass is 9.90. The van der Waals surface area contributed by atoms with Gasteiger partial charge in [-0.05, 0) is 19.8 Å². The number of anilines is 1. The quantitative estimate of drug-likeness (QED) is 0.376. The predicted molar refractivity (Wildman–Crippen MR) is 112 cm³/mol. The van der Waals surface area contributed by atoms with Crippen molar-refractivity contribution >= 4 is 41.2 Å². The number of amides is 1. The first-order chi connectivity index (χ1) is 13.9. The number of nitrogens with one attached hydrogen (secondary N) is 1. The molecule has 1 saturated heterocycles. The summed E-state index contributed by atoms with van der Waals surface area (Å²) < 4.78 is 18.4. The van der Waals surface area contributed by atoms with Crippen LogP contribution in [0.1, 0.15) is 46.5 Å². The number of carbonyl (C=O) groups excluding carboxylic acids is 1. The topological polar surface area (TPSA) is 97.3 Å². The maximum atomic E-state index is 12.3. The molecule has 0 aromatic carbocycles. The molecule has 10 heteroatoms. The van der Waals surface area contributed by atoms with Gasteiger partial charge in [-0.1, -0.05) is 24.7 Å². The highest BCUT2D eigenvalue weighted by Crippen LogP contribution is 2.43. The van der Waals surface area contributed by atoms with Crippen LogP contribution in [0, 0.1) is 18.8 Å². The second-order valence-electron chi connectivity index (χ2n) is 6.87. The number of thiol groups is 1. The van der Waals surface area contributed by atoms with Gasteiger partial charge >= 0.3 is 12.1 Å². The van der Waals surface area contributed by atoms with E-state index < -0.39 is 17.8 Å². The molecule has 158 valence electrons. The summed E-state index contributed by atoms with van der Waals surface area (Å²) in [6.07, 6.45) is 2.17. The number of rotatable bonds is 4. The molecular weight excluding hydrogens is 416 g/mol. The van der Waals surface area contributed by atoms with E-state index in [1.54, 1.807) is 0 Å². The molecule has 1 spiro atoms. The molecule has 0 atom stereocenters. The van der Waals surface area contributed by atoms with Gasteiger partial charge in [-0.25, -0.2) is 9.59 Å². The Morgan fingerprint density at radius 2 is 2.03 bits per heavy atom. The zero-order valence-corrected chi connectivity index (χ0v) is 18.0. The molecule has 2 aliphatic rings. The van der Waals surface area contributed by atoms with Crippen molar-refractivity contribution in [3.63, 3.8) is 0 Å². The van der Waals surface area contributed by atoms with Crippen molar-refractivity contribution in [2.45, 2.75) is 44.4 Å². The van der Waals surface area contributed by atoms with Gasteiger partial charge in [-0.2, -0.15) is 0 Å². The van der Waals surface area contributed by atoms with Crippen LogP contribution in [0.25, 0.3) is 0 Å². The largest absolute Gasteiger partial charge is 0.465 e. The fourth-order valence-electron chi connectivity index (χ4n) is 3.64. The van der Waals surface area contributed by atoms with Gasteiger partial charge in [0.1, 0.15) is 5.00 Å². The molecule has 2 heterocycles. The molecule has 1 amide bonds. The van der Waals surface area contributed by atoms with Crippen LogP contribution in [-0.4, -0.2) is 55.9 Å². The van der Waals surface area contributed by atoms with Gasteiger partial charge in [0.25, 0.3) is 0 Å². The SMILES string of the molecule is COC(=O)c1c(C#CCNC(=O)O)sc(N(S)C2CCC3(CC2)OCCO3)c1C. The Kier molecular flexibility index (Phi) is 6.95. The number of carboxylic acid groups (broad SMARTS) is 1. The minimum atomic E-state index is -1.15. The summed E-state index contributed by atoms with van der Waals surface area (Å²) >= 11 is 6.08. The van der Waals surface area contributed by atoms with Crippen molar-refractivity contribution in [3.05, 3.63) is 16.0 Å². The molecule has 1 aliphatic heterocycles. The highest BCUT2D eigenvalue weighted by Gasteiger charge is 2.42. The Balaban J connectivity index is 1.79. The number of carbonyl (C=O) groups is 2. The van der Waals surface area contributed by atoms with E-state index in [0.717, 1.165) is 36.2 Å². The van der Waals surface area contributed by atoms with E-state index in [4.69, 9.17) is 32.1 Å². The predicted octanol–water partition coefficient (Wildman–Crippen LogP) is 2.80. The molecule has 29 heavy (non-hydrogen) atoms. The number of hydrogen-bond donors (Lipinski definition) is 3. The van der Waals surface area contributed by atoms with E-state index in [1.807, 2.05) is 11.2 Å². The minimum Gasteiger partial charge on any atom is -0.465 e. The number of hydrogen-bond acceptors (Lipinski definition) is 8. The zero-order valence-electron chi connectivity index (χ0n) is 16.3. The van der Waals surface area contributed by atoms with Gasteiger partial charge in [0, 0.05) is 24.4 Å². The average Bonchev–Trinajstić information content (AvgIpc) is 3.29. The van der Waals surface area contributed by atoms with Gasteiger partial charge in [0.2, 0.25) is 0 Å². The summed E-state index contributed by atoms with van der Waals surface area (Å²) in [6, 6.07) is 0.175. The number of methoxy groups -OCH3 is 1. The van der Waals surface area contributed by atoms with E-state index in [9.17, 15) is 9.59 Å². The lowest BCUT2D eigenvalue weighted by Gasteiger charge is -2.38. The summed E-state index contributed by atoms with van der Waals surface area (Å²) in [5, 5.41) is 11.7. The maximum Gasteiger partial charge on any atom is 0.405 e. The van der Waals surface area contributed by atoms with Crippen molar-refractivity contribution in [1.29, 1.82) is 0 Å². The van der Waals surface area contributed by atoms with E-state index in [2.05, 4.69) is 17.2 Å². The summed E-state index contributed by atoms with van der Waals surface area (Å²) in [6.45, 7) is 3.09. The first-order valence-corrected chi connectivity index (χ1v) is 10.5. The molecule has 1 saturated carbocycles.